The van der Waals surface area contributed by atoms with Crippen LogP contribution in [0.4, 0.5) is 11.4 Å². The number of hydrogen-bond donors (Lipinski definition) is 2. The molecule has 0 unspecified atom stereocenters. The van der Waals surface area contributed by atoms with Crippen molar-refractivity contribution in [3.63, 3.8) is 0 Å². The van der Waals surface area contributed by atoms with Gasteiger partial charge in [0.1, 0.15) is 5.75 Å². The monoisotopic (exact) mass is 422 g/mol. The number of nitrogens with one attached hydrogen (secondary N) is 2. The number of amides is 2. The Kier molecular flexibility index (Phi) is 7.09. The normalized spacial score (nSPS) is 10.5. The van der Waals surface area contributed by atoms with Crippen LogP contribution < -0.4 is 15.4 Å². The van der Waals surface area contributed by atoms with Gasteiger partial charge in [0, 0.05) is 16.9 Å². The van der Waals surface area contributed by atoms with Gasteiger partial charge in [0.25, 0.3) is 11.8 Å². The van der Waals surface area contributed by atoms with Gasteiger partial charge in [-0.2, -0.15) is 0 Å². The summed E-state index contributed by atoms with van der Waals surface area (Å²) in [6, 6.07) is 20.8. The van der Waals surface area contributed by atoms with Gasteiger partial charge < -0.3 is 15.4 Å². The van der Waals surface area contributed by atoms with Crippen molar-refractivity contribution in [3.8, 4) is 5.75 Å². The molecule has 2 amide bonds. The maximum absolute atomic E-state index is 12.6. The SMILES string of the molecule is CC(C)COc1cccc(C(=O)Nc2cccc(NC(=O)c3ccccc3Cl)c2)c1. The van der Waals surface area contributed by atoms with E-state index < -0.39 is 0 Å². The lowest BCUT2D eigenvalue weighted by Gasteiger charge is -2.11. The van der Waals surface area contributed by atoms with E-state index in [1.54, 1.807) is 66.7 Å². The summed E-state index contributed by atoms with van der Waals surface area (Å²) in [4.78, 5) is 25.1. The molecule has 30 heavy (non-hydrogen) atoms. The Balaban J connectivity index is 1.68. The van der Waals surface area contributed by atoms with E-state index in [4.69, 9.17) is 16.3 Å². The number of rotatable bonds is 7. The summed E-state index contributed by atoms with van der Waals surface area (Å²) in [5.74, 6) is 0.460. The van der Waals surface area contributed by atoms with Crippen molar-refractivity contribution in [1.29, 1.82) is 0 Å². The van der Waals surface area contributed by atoms with E-state index in [0.717, 1.165) is 0 Å². The van der Waals surface area contributed by atoms with Crippen LogP contribution >= 0.6 is 11.6 Å². The molecule has 0 spiro atoms. The second kappa shape index (κ2) is 9.94. The average Bonchev–Trinajstić information content (AvgIpc) is 2.73. The molecule has 3 rings (SSSR count). The fourth-order valence-electron chi connectivity index (χ4n) is 2.71. The predicted octanol–water partition coefficient (Wildman–Crippen LogP) is 5.88. The molecular formula is C24H23ClN2O3. The number of hydrogen-bond acceptors (Lipinski definition) is 3. The van der Waals surface area contributed by atoms with Gasteiger partial charge in [0.05, 0.1) is 17.2 Å². The third-order valence-electron chi connectivity index (χ3n) is 4.18. The quantitative estimate of drug-likeness (QED) is 0.499. The fourth-order valence-corrected chi connectivity index (χ4v) is 2.93. The number of halogens is 1. The number of anilines is 2. The largest absolute Gasteiger partial charge is 0.493 e. The van der Waals surface area contributed by atoms with Crippen molar-refractivity contribution in [2.75, 3.05) is 17.2 Å². The highest BCUT2D eigenvalue weighted by Gasteiger charge is 2.11. The van der Waals surface area contributed by atoms with Crippen LogP contribution in [0.15, 0.2) is 72.8 Å². The third kappa shape index (κ3) is 5.84. The highest BCUT2D eigenvalue weighted by Crippen LogP contribution is 2.21. The summed E-state index contributed by atoms with van der Waals surface area (Å²) >= 11 is 6.08. The van der Waals surface area contributed by atoms with Crippen molar-refractivity contribution in [1.82, 2.24) is 0 Å². The van der Waals surface area contributed by atoms with Gasteiger partial charge in [0.2, 0.25) is 0 Å². The van der Waals surface area contributed by atoms with E-state index in [2.05, 4.69) is 24.5 Å². The van der Waals surface area contributed by atoms with Crippen LogP contribution in [0.2, 0.25) is 5.02 Å². The molecular weight excluding hydrogens is 400 g/mol. The molecule has 0 aliphatic heterocycles. The van der Waals surface area contributed by atoms with Crippen LogP contribution in [0.3, 0.4) is 0 Å². The zero-order valence-corrected chi connectivity index (χ0v) is 17.6. The van der Waals surface area contributed by atoms with Crippen LogP contribution in [0.25, 0.3) is 0 Å². The molecule has 0 aromatic heterocycles. The lowest BCUT2D eigenvalue weighted by Crippen LogP contribution is -2.14. The van der Waals surface area contributed by atoms with E-state index in [-0.39, 0.29) is 11.8 Å². The first-order valence-corrected chi connectivity index (χ1v) is 10.0. The number of carbonyl (C=O) groups is 2. The van der Waals surface area contributed by atoms with E-state index in [0.29, 0.717) is 45.8 Å². The van der Waals surface area contributed by atoms with E-state index in [1.807, 2.05) is 6.07 Å². The van der Waals surface area contributed by atoms with E-state index >= 15 is 0 Å². The first kappa shape index (κ1) is 21.4. The molecule has 3 aromatic rings. The number of benzene rings is 3. The van der Waals surface area contributed by atoms with E-state index in [1.165, 1.54) is 0 Å². The minimum atomic E-state index is -0.320. The topological polar surface area (TPSA) is 67.4 Å². The first-order chi connectivity index (χ1) is 14.4. The van der Waals surface area contributed by atoms with Crippen LogP contribution in [0, 0.1) is 5.92 Å². The van der Waals surface area contributed by atoms with Crippen molar-refractivity contribution in [3.05, 3.63) is 88.9 Å². The molecule has 0 radical (unpaired) electrons. The second-order valence-corrected chi connectivity index (χ2v) is 7.61. The number of ether oxygens (including phenoxy) is 1. The standard InChI is InChI=1S/C24H23ClN2O3/c1-16(2)15-30-20-10-5-7-17(13-20)23(28)26-18-8-6-9-19(14-18)27-24(29)21-11-3-4-12-22(21)25/h3-14,16H,15H2,1-2H3,(H,26,28)(H,27,29). The van der Waals surface area contributed by atoms with Crippen molar-refractivity contribution in [2.24, 2.45) is 5.92 Å². The molecule has 0 heterocycles. The first-order valence-electron chi connectivity index (χ1n) is 9.62. The molecule has 3 aromatic carbocycles. The Hall–Kier alpha value is -3.31. The summed E-state index contributed by atoms with van der Waals surface area (Å²) in [5, 5.41) is 6.01. The molecule has 6 heteroatoms. The average molecular weight is 423 g/mol. The molecule has 0 fully saturated rings. The van der Waals surface area contributed by atoms with Crippen LogP contribution in [0.1, 0.15) is 34.6 Å². The van der Waals surface area contributed by atoms with Gasteiger partial charge >= 0.3 is 0 Å². The summed E-state index contributed by atoms with van der Waals surface area (Å²) < 4.78 is 5.68. The lowest BCUT2D eigenvalue weighted by atomic mass is 10.2. The molecule has 0 aliphatic carbocycles. The Morgan fingerprint density at radius 1 is 0.867 bits per heavy atom. The Labute approximate surface area is 181 Å². The minimum Gasteiger partial charge on any atom is -0.493 e. The maximum atomic E-state index is 12.6. The Morgan fingerprint density at radius 3 is 2.23 bits per heavy atom. The highest BCUT2D eigenvalue weighted by atomic mass is 35.5. The van der Waals surface area contributed by atoms with Crippen LogP contribution in [0.5, 0.6) is 5.75 Å². The highest BCUT2D eigenvalue weighted by molar-refractivity contribution is 6.34. The smallest absolute Gasteiger partial charge is 0.257 e. The molecule has 0 atom stereocenters. The van der Waals surface area contributed by atoms with Crippen molar-refractivity contribution >= 4 is 34.8 Å². The molecule has 154 valence electrons. The van der Waals surface area contributed by atoms with Crippen LogP contribution in [-0.2, 0) is 0 Å². The molecule has 0 bridgehead atoms. The fraction of sp³-hybridized carbons (Fsp3) is 0.167. The summed E-state index contributed by atoms with van der Waals surface area (Å²) in [7, 11) is 0. The molecule has 0 saturated carbocycles. The lowest BCUT2D eigenvalue weighted by molar-refractivity contribution is 0.101. The zero-order valence-electron chi connectivity index (χ0n) is 16.8. The maximum Gasteiger partial charge on any atom is 0.257 e. The Bertz CT molecular complexity index is 1050. The van der Waals surface area contributed by atoms with Gasteiger partial charge in [-0.3, -0.25) is 9.59 Å². The minimum absolute atomic E-state index is 0.264. The van der Waals surface area contributed by atoms with Gasteiger partial charge in [-0.1, -0.05) is 49.7 Å². The van der Waals surface area contributed by atoms with Gasteiger partial charge in [-0.15, -0.1) is 0 Å². The molecule has 5 nitrogen and oxygen atoms in total. The zero-order chi connectivity index (χ0) is 21.5. The van der Waals surface area contributed by atoms with Gasteiger partial charge in [-0.25, -0.2) is 0 Å². The molecule has 0 saturated heterocycles. The van der Waals surface area contributed by atoms with E-state index in [9.17, 15) is 9.59 Å². The molecule has 0 aliphatic rings. The number of carbonyl (C=O) groups excluding carboxylic acids is 2. The summed E-state index contributed by atoms with van der Waals surface area (Å²) in [6.45, 7) is 4.71. The van der Waals surface area contributed by atoms with Crippen molar-refractivity contribution < 1.29 is 14.3 Å². The summed E-state index contributed by atoms with van der Waals surface area (Å²) in [6.07, 6.45) is 0. The summed E-state index contributed by atoms with van der Waals surface area (Å²) in [5.41, 5.74) is 1.98. The Morgan fingerprint density at radius 2 is 1.53 bits per heavy atom. The van der Waals surface area contributed by atoms with Crippen LogP contribution in [-0.4, -0.2) is 18.4 Å². The van der Waals surface area contributed by atoms with Gasteiger partial charge in [-0.05, 0) is 54.4 Å². The van der Waals surface area contributed by atoms with Crippen molar-refractivity contribution in [2.45, 2.75) is 13.8 Å². The molecule has 2 N–H and O–H groups in total. The van der Waals surface area contributed by atoms with Gasteiger partial charge in [0.15, 0.2) is 0 Å². The predicted molar refractivity (Wildman–Crippen MR) is 121 cm³/mol. The second-order valence-electron chi connectivity index (χ2n) is 7.20. The third-order valence-corrected chi connectivity index (χ3v) is 4.51.